The molecule has 7 nitrogen and oxygen atoms in total. The van der Waals surface area contributed by atoms with Crippen LogP contribution in [0.2, 0.25) is 0 Å². The van der Waals surface area contributed by atoms with Crippen molar-refractivity contribution in [2.75, 3.05) is 26.2 Å². The molecule has 2 amide bonds. The SMILES string of the molecule is CCN(CC(=O)NC(C)C)C(=O)C1CCN(S(=O)(=O)c2ccc(C)cc2C)CC1. The number of amides is 2. The predicted octanol–water partition coefficient (Wildman–Crippen LogP) is 2.08. The van der Waals surface area contributed by atoms with Crippen LogP contribution in [-0.4, -0.2) is 61.7 Å². The van der Waals surface area contributed by atoms with E-state index in [4.69, 9.17) is 0 Å². The van der Waals surface area contributed by atoms with Gasteiger partial charge in [-0.1, -0.05) is 17.7 Å². The lowest BCUT2D eigenvalue weighted by Crippen LogP contribution is -2.47. The molecule has 0 bridgehead atoms. The smallest absolute Gasteiger partial charge is 0.243 e. The Kier molecular flexibility index (Phi) is 7.82. The summed E-state index contributed by atoms with van der Waals surface area (Å²) in [6.07, 6.45) is 0.927. The zero-order valence-electron chi connectivity index (χ0n) is 18.1. The molecule has 0 aromatic heterocycles. The molecule has 0 aliphatic carbocycles. The number of nitrogens with one attached hydrogen (secondary N) is 1. The van der Waals surface area contributed by atoms with Gasteiger partial charge in [-0.2, -0.15) is 4.31 Å². The Balaban J connectivity index is 2.01. The van der Waals surface area contributed by atoms with Gasteiger partial charge in [-0.3, -0.25) is 9.59 Å². The molecule has 1 N–H and O–H groups in total. The molecule has 1 aliphatic heterocycles. The molecule has 0 radical (unpaired) electrons. The van der Waals surface area contributed by atoms with Crippen molar-refractivity contribution >= 4 is 21.8 Å². The molecule has 1 fully saturated rings. The fourth-order valence-corrected chi connectivity index (χ4v) is 5.39. The van der Waals surface area contributed by atoms with E-state index in [2.05, 4.69) is 5.32 Å². The number of sulfonamides is 1. The number of benzene rings is 1. The maximum absolute atomic E-state index is 13.0. The Bertz CT molecular complexity index is 843. The quantitative estimate of drug-likeness (QED) is 0.727. The van der Waals surface area contributed by atoms with Crippen LogP contribution in [0.1, 0.15) is 44.7 Å². The first kappa shape index (κ1) is 23.3. The molecule has 1 aromatic carbocycles. The Hall–Kier alpha value is -1.93. The van der Waals surface area contributed by atoms with Gasteiger partial charge in [0, 0.05) is 31.6 Å². The number of piperidine rings is 1. The Morgan fingerprint density at radius 3 is 2.34 bits per heavy atom. The molecule has 1 aromatic rings. The number of hydrogen-bond donors (Lipinski definition) is 1. The molecule has 162 valence electrons. The Morgan fingerprint density at radius 1 is 1.21 bits per heavy atom. The largest absolute Gasteiger partial charge is 0.352 e. The van der Waals surface area contributed by atoms with Crippen LogP contribution in [0.25, 0.3) is 0 Å². The van der Waals surface area contributed by atoms with Crippen molar-refractivity contribution in [1.29, 1.82) is 0 Å². The van der Waals surface area contributed by atoms with E-state index in [9.17, 15) is 18.0 Å². The molecule has 0 saturated carbocycles. The van der Waals surface area contributed by atoms with Gasteiger partial charge >= 0.3 is 0 Å². The Labute approximate surface area is 174 Å². The number of likely N-dealkylation sites (N-methyl/N-ethyl adjacent to an activating group) is 1. The highest BCUT2D eigenvalue weighted by Crippen LogP contribution is 2.27. The minimum Gasteiger partial charge on any atom is -0.352 e. The van der Waals surface area contributed by atoms with Crippen LogP contribution >= 0.6 is 0 Å². The van der Waals surface area contributed by atoms with Gasteiger partial charge < -0.3 is 10.2 Å². The van der Waals surface area contributed by atoms with Crippen molar-refractivity contribution in [3.8, 4) is 0 Å². The summed E-state index contributed by atoms with van der Waals surface area (Å²) in [6, 6.07) is 5.35. The van der Waals surface area contributed by atoms with Gasteiger partial charge in [-0.15, -0.1) is 0 Å². The number of aryl methyl sites for hydroxylation is 2. The second-order valence-electron chi connectivity index (χ2n) is 8.02. The maximum Gasteiger partial charge on any atom is 0.243 e. The molecule has 0 unspecified atom stereocenters. The monoisotopic (exact) mass is 423 g/mol. The highest BCUT2D eigenvalue weighted by molar-refractivity contribution is 7.89. The third kappa shape index (κ3) is 5.79. The Morgan fingerprint density at radius 2 is 1.83 bits per heavy atom. The highest BCUT2D eigenvalue weighted by Gasteiger charge is 2.34. The number of nitrogens with zero attached hydrogens (tertiary/aromatic N) is 2. The molecule has 0 spiro atoms. The van der Waals surface area contributed by atoms with E-state index in [1.165, 1.54) is 4.31 Å². The lowest BCUT2D eigenvalue weighted by Gasteiger charge is -2.33. The standard InChI is InChI=1S/C21H33N3O4S/c1-6-23(14-20(25)22-15(2)3)21(26)18-9-11-24(12-10-18)29(27,28)19-8-7-16(4)13-17(19)5/h7-8,13,15,18H,6,9-12,14H2,1-5H3,(H,22,25). The summed E-state index contributed by atoms with van der Waals surface area (Å²) in [7, 11) is -3.57. The summed E-state index contributed by atoms with van der Waals surface area (Å²) in [5, 5.41) is 2.80. The lowest BCUT2D eigenvalue weighted by atomic mass is 9.96. The van der Waals surface area contributed by atoms with Gasteiger partial charge in [0.25, 0.3) is 0 Å². The second kappa shape index (κ2) is 9.71. The van der Waals surface area contributed by atoms with Gasteiger partial charge in [-0.05, 0) is 59.1 Å². The van der Waals surface area contributed by atoms with E-state index in [1.807, 2.05) is 33.8 Å². The van der Waals surface area contributed by atoms with Crippen molar-refractivity contribution in [2.45, 2.75) is 58.4 Å². The van der Waals surface area contributed by atoms with Crippen molar-refractivity contribution in [3.63, 3.8) is 0 Å². The average molecular weight is 424 g/mol. The molecule has 0 atom stereocenters. The maximum atomic E-state index is 13.0. The summed E-state index contributed by atoms with van der Waals surface area (Å²) in [4.78, 5) is 26.7. The summed E-state index contributed by atoms with van der Waals surface area (Å²) >= 11 is 0. The summed E-state index contributed by atoms with van der Waals surface area (Å²) in [5.41, 5.74) is 1.75. The van der Waals surface area contributed by atoms with E-state index in [0.717, 1.165) is 11.1 Å². The molecular weight excluding hydrogens is 390 g/mol. The first-order valence-corrected chi connectivity index (χ1v) is 11.7. The second-order valence-corrected chi connectivity index (χ2v) is 9.93. The van der Waals surface area contributed by atoms with E-state index >= 15 is 0 Å². The van der Waals surface area contributed by atoms with Crippen LogP contribution in [0.3, 0.4) is 0 Å². The molecular formula is C21H33N3O4S. The molecule has 1 aliphatic rings. The normalized spacial score (nSPS) is 16.1. The first-order valence-electron chi connectivity index (χ1n) is 10.2. The molecule has 1 saturated heterocycles. The zero-order valence-corrected chi connectivity index (χ0v) is 18.9. The van der Waals surface area contributed by atoms with Crippen LogP contribution in [0.4, 0.5) is 0 Å². The third-order valence-corrected chi connectivity index (χ3v) is 7.29. The number of rotatable bonds is 7. The fraction of sp³-hybridized carbons (Fsp3) is 0.619. The van der Waals surface area contributed by atoms with Crippen LogP contribution in [0, 0.1) is 19.8 Å². The average Bonchev–Trinajstić information content (AvgIpc) is 2.64. The topological polar surface area (TPSA) is 86.8 Å². The summed E-state index contributed by atoms with van der Waals surface area (Å²) < 4.78 is 27.5. The molecule has 2 rings (SSSR count). The summed E-state index contributed by atoms with van der Waals surface area (Å²) in [6.45, 7) is 10.4. The molecule has 29 heavy (non-hydrogen) atoms. The summed E-state index contributed by atoms with van der Waals surface area (Å²) in [5.74, 6) is -0.507. The van der Waals surface area contributed by atoms with Crippen molar-refractivity contribution < 1.29 is 18.0 Å². The third-order valence-electron chi connectivity index (χ3n) is 5.23. The number of carbonyl (C=O) groups excluding carboxylic acids is 2. The molecule has 1 heterocycles. The van der Waals surface area contributed by atoms with E-state index in [0.29, 0.717) is 37.4 Å². The van der Waals surface area contributed by atoms with Crippen LogP contribution in [-0.2, 0) is 19.6 Å². The van der Waals surface area contributed by atoms with E-state index in [1.54, 1.807) is 24.0 Å². The van der Waals surface area contributed by atoms with Gasteiger partial charge in [0.2, 0.25) is 21.8 Å². The number of hydrogen-bond acceptors (Lipinski definition) is 4. The molecule has 8 heteroatoms. The first-order chi connectivity index (χ1) is 13.6. The van der Waals surface area contributed by atoms with Gasteiger partial charge in [0.15, 0.2) is 0 Å². The van der Waals surface area contributed by atoms with E-state index in [-0.39, 0.29) is 30.3 Å². The minimum atomic E-state index is -3.57. The predicted molar refractivity (Wildman–Crippen MR) is 113 cm³/mol. The van der Waals surface area contributed by atoms with Crippen molar-refractivity contribution in [3.05, 3.63) is 29.3 Å². The fourth-order valence-electron chi connectivity index (χ4n) is 3.72. The zero-order chi connectivity index (χ0) is 21.8. The van der Waals surface area contributed by atoms with Crippen LogP contribution < -0.4 is 5.32 Å². The van der Waals surface area contributed by atoms with Crippen molar-refractivity contribution in [2.24, 2.45) is 5.92 Å². The van der Waals surface area contributed by atoms with Crippen molar-refractivity contribution in [1.82, 2.24) is 14.5 Å². The van der Waals surface area contributed by atoms with Crippen LogP contribution in [0.5, 0.6) is 0 Å². The lowest BCUT2D eigenvalue weighted by molar-refractivity contribution is -0.140. The highest BCUT2D eigenvalue weighted by atomic mass is 32.2. The van der Waals surface area contributed by atoms with Crippen LogP contribution in [0.15, 0.2) is 23.1 Å². The van der Waals surface area contributed by atoms with Gasteiger partial charge in [0.05, 0.1) is 11.4 Å². The van der Waals surface area contributed by atoms with E-state index < -0.39 is 10.0 Å². The van der Waals surface area contributed by atoms with Gasteiger partial charge in [-0.25, -0.2) is 8.42 Å². The minimum absolute atomic E-state index is 0.0231. The van der Waals surface area contributed by atoms with Gasteiger partial charge in [0.1, 0.15) is 0 Å². The number of carbonyl (C=O) groups is 2.